The number of carbonyl (C=O) groups is 1. The Kier molecular flexibility index (Phi) is 5.01. The predicted molar refractivity (Wildman–Crippen MR) is 93.9 cm³/mol. The monoisotopic (exact) mass is 329 g/mol. The van der Waals surface area contributed by atoms with Gasteiger partial charge in [-0.1, -0.05) is 25.1 Å². The fraction of sp³-hybridized carbons (Fsp3) is 0.421. The highest BCUT2D eigenvalue weighted by Gasteiger charge is 2.28. The zero-order chi connectivity index (χ0) is 16.2. The summed E-state index contributed by atoms with van der Waals surface area (Å²) < 4.78 is 0. The molecule has 0 bridgehead atoms. The number of hydrogen-bond donors (Lipinski definition) is 1. The fourth-order valence-electron chi connectivity index (χ4n) is 3.45. The number of carbonyl (C=O) groups excluding carboxylic acids is 1. The van der Waals surface area contributed by atoms with Crippen LogP contribution in [0, 0.1) is 0 Å². The van der Waals surface area contributed by atoms with Crippen LogP contribution in [0.1, 0.15) is 35.8 Å². The van der Waals surface area contributed by atoms with Gasteiger partial charge in [-0.25, -0.2) is 0 Å². The van der Waals surface area contributed by atoms with E-state index in [1.807, 2.05) is 23.6 Å². The molecule has 4 heteroatoms. The second-order valence-electron chi connectivity index (χ2n) is 6.15. The normalized spacial score (nSPS) is 16.8. The van der Waals surface area contributed by atoms with Crippen LogP contribution < -0.4 is 0 Å². The molecule has 3 nitrogen and oxygen atoms in total. The van der Waals surface area contributed by atoms with Crippen LogP contribution in [-0.2, 0) is 24.1 Å². The van der Waals surface area contributed by atoms with E-state index in [-0.39, 0.29) is 11.9 Å². The van der Waals surface area contributed by atoms with E-state index in [2.05, 4.69) is 17.9 Å². The van der Waals surface area contributed by atoms with Gasteiger partial charge in [-0.3, -0.25) is 4.79 Å². The average molecular weight is 329 g/mol. The van der Waals surface area contributed by atoms with Crippen LogP contribution in [-0.4, -0.2) is 28.5 Å². The molecule has 1 aliphatic carbocycles. The first-order chi connectivity index (χ1) is 11.2. The highest BCUT2D eigenvalue weighted by atomic mass is 32.1. The number of nitrogens with zero attached hydrogens (tertiary/aromatic N) is 1. The van der Waals surface area contributed by atoms with Crippen molar-refractivity contribution in [1.29, 1.82) is 0 Å². The number of aromatic hydroxyl groups is 1. The van der Waals surface area contributed by atoms with Crippen LogP contribution >= 0.6 is 11.3 Å². The minimum Gasteiger partial charge on any atom is -0.508 e. The minimum atomic E-state index is 0.225. The van der Waals surface area contributed by atoms with Crippen molar-refractivity contribution >= 4 is 17.2 Å². The van der Waals surface area contributed by atoms with E-state index in [4.69, 9.17) is 0 Å². The van der Waals surface area contributed by atoms with E-state index in [0.717, 1.165) is 42.7 Å². The molecule has 1 aliphatic rings. The number of phenolic OH excluding ortho intramolecular Hbond substituents is 1. The lowest BCUT2D eigenvalue weighted by Gasteiger charge is -2.35. The molecule has 1 aromatic heterocycles. The minimum absolute atomic E-state index is 0.225. The molecule has 0 fully saturated rings. The smallest absolute Gasteiger partial charge is 0.228 e. The number of amides is 1. The Balaban J connectivity index is 1.75. The van der Waals surface area contributed by atoms with E-state index in [0.29, 0.717) is 12.2 Å². The Hall–Kier alpha value is -1.81. The van der Waals surface area contributed by atoms with Gasteiger partial charge in [0.05, 0.1) is 6.42 Å². The Labute approximate surface area is 141 Å². The summed E-state index contributed by atoms with van der Waals surface area (Å²) >= 11 is 1.64. The second kappa shape index (κ2) is 7.18. The number of rotatable bonds is 5. The van der Waals surface area contributed by atoms with Crippen LogP contribution in [0.4, 0.5) is 0 Å². The number of fused-ring (bicyclic) bond motifs is 1. The van der Waals surface area contributed by atoms with Crippen molar-refractivity contribution in [3.63, 3.8) is 0 Å². The molecule has 3 rings (SSSR count). The highest BCUT2D eigenvalue weighted by Crippen LogP contribution is 2.31. The predicted octanol–water partition coefficient (Wildman–Crippen LogP) is 3.79. The molecule has 1 N–H and O–H groups in total. The third kappa shape index (κ3) is 3.58. The molecule has 0 saturated heterocycles. The molecule has 1 aromatic carbocycles. The van der Waals surface area contributed by atoms with Crippen molar-refractivity contribution in [1.82, 2.24) is 4.90 Å². The Morgan fingerprint density at radius 2 is 2.22 bits per heavy atom. The molecule has 1 heterocycles. The van der Waals surface area contributed by atoms with Gasteiger partial charge in [-0.2, -0.15) is 0 Å². The molecule has 0 spiro atoms. The maximum atomic E-state index is 12.8. The Morgan fingerprint density at radius 1 is 1.35 bits per heavy atom. The lowest BCUT2D eigenvalue weighted by Crippen LogP contribution is -2.44. The lowest BCUT2D eigenvalue weighted by molar-refractivity contribution is -0.133. The molecule has 0 radical (unpaired) electrons. The summed E-state index contributed by atoms with van der Waals surface area (Å²) in [6.45, 7) is 2.93. The van der Waals surface area contributed by atoms with Crippen molar-refractivity contribution in [2.24, 2.45) is 0 Å². The SMILES string of the molecule is CCCN(C(=O)Cc1cccs1)[C@H]1CCc2c(O)cccc2C1. The maximum absolute atomic E-state index is 12.8. The van der Waals surface area contributed by atoms with E-state index in [1.54, 1.807) is 17.4 Å². The Bertz CT molecular complexity index is 666. The highest BCUT2D eigenvalue weighted by molar-refractivity contribution is 7.10. The van der Waals surface area contributed by atoms with Gasteiger partial charge in [0.2, 0.25) is 5.91 Å². The van der Waals surface area contributed by atoms with Gasteiger partial charge >= 0.3 is 0 Å². The number of benzene rings is 1. The van der Waals surface area contributed by atoms with Crippen molar-refractivity contribution in [2.45, 2.75) is 45.1 Å². The van der Waals surface area contributed by atoms with Crippen LogP contribution in [0.25, 0.3) is 0 Å². The molecule has 0 unspecified atom stereocenters. The van der Waals surface area contributed by atoms with Gasteiger partial charge in [-0.05, 0) is 54.3 Å². The van der Waals surface area contributed by atoms with Gasteiger partial charge < -0.3 is 10.0 Å². The first-order valence-electron chi connectivity index (χ1n) is 8.30. The van der Waals surface area contributed by atoms with Gasteiger partial charge in [0.1, 0.15) is 5.75 Å². The van der Waals surface area contributed by atoms with E-state index in [9.17, 15) is 9.90 Å². The average Bonchev–Trinajstić information content (AvgIpc) is 3.05. The summed E-state index contributed by atoms with van der Waals surface area (Å²) in [5.74, 6) is 0.621. The first kappa shape index (κ1) is 16.1. The second-order valence-corrected chi connectivity index (χ2v) is 7.19. The van der Waals surface area contributed by atoms with Crippen molar-refractivity contribution in [2.75, 3.05) is 6.54 Å². The maximum Gasteiger partial charge on any atom is 0.228 e. The van der Waals surface area contributed by atoms with Crippen LogP contribution in [0.15, 0.2) is 35.7 Å². The standard InChI is InChI=1S/C19H23NO2S/c1-2-10-20(19(22)13-16-6-4-11-23-16)15-8-9-17-14(12-15)5-3-7-18(17)21/h3-7,11,15,21H,2,8-10,12-13H2,1H3/t15-/m0/s1. The van der Waals surface area contributed by atoms with Crippen molar-refractivity contribution < 1.29 is 9.90 Å². The molecule has 122 valence electrons. The summed E-state index contributed by atoms with van der Waals surface area (Å²) in [4.78, 5) is 16.0. The summed E-state index contributed by atoms with van der Waals surface area (Å²) in [7, 11) is 0. The molecule has 0 saturated carbocycles. The largest absolute Gasteiger partial charge is 0.508 e. The third-order valence-electron chi connectivity index (χ3n) is 4.56. The van der Waals surface area contributed by atoms with Gasteiger partial charge in [0.15, 0.2) is 0 Å². The molecule has 23 heavy (non-hydrogen) atoms. The van der Waals surface area contributed by atoms with Gasteiger partial charge in [0, 0.05) is 17.5 Å². The summed E-state index contributed by atoms with van der Waals surface area (Å²) in [6.07, 6.45) is 4.10. The Morgan fingerprint density at radius 3 is 2.96 bits per heavy atom. The lowest BCUT2D eigenvalue weighted by atomic mass is 9.86. The van der Waals surface area contributed by atoms with Gasteiger partial charge in [-0.15, -0.1) is 11.3 Å². The summed E-state index contributed by atoms with van der Waals surface area (Å²) in [6, 6.07) is 10.0. The molecular formula is C19H23NO2S. The molecular weight excluding hydrogens is 306 g/mol. The van der Waals surface area contributed by atoms with Crippen LogP contribution in [0.5, 0.6) is 5.75 Å². The van der Waals surface area contributed by atoms with Crippen LogP contribution in [0.3, 0.4) is 0 Å². The van der Waals surface area contributed by atoms with Crippen molar-refractivity contribution in [3.8, 4) is 5.75 Å². The summed E-state index contributed by atoms with van der Waals surface area (Å²) in [5, 5.41) is 12.0. The quantitative estimate of drug-likeness (QED) is 0.906. The first-order valence-corrected chi connectivity index (χ1v) is 9.18. The van der Waals surface area contributed by atoms with E-state index < -0.39 is 0 Å². The van der Waals surface area contributed by atoms with E-state index >= 15 is 0 Å². The third-order valence-corrected chi connectivity index (χ3v) is 5.44. The van der Waals surface area contributed by atoms with Gasteiger partial charge in [0.25, 0.3) is 0 Å². The molecule has 1 atom stereocenters. The zero-order valence-corrected chi connectivity index (χ0v) is 14.3. The number of thiophene rings is 1. The zero-order valence-electron chi connectivity index (χ0n) is 13.5. The van der Waals surface area contributed by atoms with Crippen molar-refractivity contribution in [3.05, 3.63) is 51.7 Å². The van der Waals surface area contributed by atoms with Crippen LogP contribution in [0.2, 0.25) is 0 Å². The number of hydrogen-bond acceptors (Lipinski definition) is 3. The molecule has 0 aliphatic heterocycles. The molecule has 2 aromatic rings. The topological polar surface area (TPSA) is 40.5 Å². The summed E-state index contributed by atoms with van der Waals surface area (Å²) in [5.41, 5.74) is 2.25. The number of phenols is 1. The fourth-order valence-corrected chi connectivity index (χ4v) is 4.15. The van der Waals surface area contributed by atoms with E-state index in [1.165, 1.54) is 5.56 Å². The molecule has 1 amide bonds.